The molecular weight excluding hydrogens is 236 g/mol. The van der Waals surface area contributed by atoms with Crippen molar-refractivity contribution in [3.63, 3.8) is 0 Å². The lowest BCUT2D eigenvalue weighted by Crippen LogP contribution is -2.37. The molecule has 94 valence electrons. The van der Waals surface area contributed by atoms with Crippen molar-refractivity contribution < 1.29 is 9.53 Å². The third-order valence-corrected chi connectivity index (χ3v) is 3.87. The van der Waals surface area contributed by atoms with Crippen molar-refractivity contribution in [1.82, 2.24) is 4.98 Å². The Kier molecular flexibility index (Phi) is 4.12. The molecule has 0 bridgehead atoms. The second-order valence-electron chi connectivity index (χ2n) is 4.21. The predicted molar refractivity (Wildman–Crippen MR) is 69.0 cm³/mol. The van der Waals surface area contributed by atoms with E-state index in [-0.39, 0.29) is 5.78 Å². The van der Waals surface area contributed by atoms with Gasteiger partial charge in [0.1, 0.15) is 5.69 Å². The van der Waals surface area contributed by atoms with Crippen LogP contribution >= 0.6 is 11.3 Å². The Morgan fingerprint density at radius 2 is 2.29 bits per heavy atom. The van der Waals surface area contributed by atoms with Gasteiger partial charge in [0.25, 0.3) is 0 Å². The maximum absolute atomic E-state index is 11.2. The predicted octanol–water partition coefficient (Wildman–Crippen LogP) is 2.35. The van der Waals surface area contributed by atoms with Gasteiger partial charge in [0.2, 0.25) is 0 Å². The minimum Gasteiger partial charge on any atom is -0.378 e. The summed E-state index contributed by atoms with van der Waals surface area (Å²) in [7, 11) is 0. The summed E-state index contributed by atoms with van der Waals surface area (Å²) in [5, 5.41) is 2.80. The molecule has 1 fully saturated rings. The summed E-state index contributed by atoms with van der Waals surface area (Å²) in [6, 6.07) is 0. The minimum absolute atomic E-state index is 0.0386. The molecule has 1 aromatic heterocycles. The van der Waals surface area contributed by atoms with Gasteiger partial charge in [0.05, 0.1) is 6.10 Å². The van der Waals surface area contributed by atoms with E-state index >= 15 is 0 Å². The third-order valence-electron chi connectivity index (χ3n) is 2.97. The maximum Gasteiger partial charge on any atom is 0.185 e. The zero-order chi connectivity index (χ0) is 12.3. The number of piperidine rings is 1. The van der Waals surface area contributed by atoms with Gasteiger partial charge in [0.15, 0.2) is 10.9 Å². The fraction of sp³-hybridized carbons (Fsp3) is 0.667. The third kappa shape index (κ3) is 3.04. The van der Waals surface area contributed by atoms with E-state index in [0.717, 1.165) is 37.7 Å². The standard InChI is InChI=1S/C12H18N2O2S/c1-3-16-10-4-6-14(7-5-10)12-13-11(8-17-12)9(2)15/h8,10H,3-7H2,1-2H3. The topological polar surface area (TPSA) is 42.4 Å². The van der Waals surface area contributed by atoms with Gasteiger partial charge in [-0.15, -0.1) is 11.3 Å². The highest BCUT2D eigenvalue weighted by molar-refractivity contribution is 7.13. The van der Waals surface area contributed by atoms with Crippen LogP contribution in [0.5, 0.6) is 0 Å². The van der Waals surface area contributed by atoms with E-state index < -0.39 is 0 Å². The van der Waals surface area contributed by atoms with Crippen LogP contribution in [0, 0.1) is 0 Å². The van der Waals surface area contributed by atoms with Crippen molar-refractivity contribution in [1.29, 1.82) is 0 Å². The average molecular weight is 254 g/mol. The summed E-state index contributed by atoms with van der Waals surface area (Å²) in [5.74, 6) is 0.0386. The lowest BCUT2D eigenvalue weighted by Gasteiger charge is -2.31. The van der Waals surface area contributed by atoms with Gasteiger partial charge >= 0.3 is 0 Å². The monoisotopic (exact) mass is 254 g/mol. The van der Waals surface area contributed by atoms with Crippen molar-refractivity contribution in [3.8, 4) is 0 Å². The van der Waals surface area contributed by atoms with Gasteiger partial charge in [-0.2, -0.15) is 0 Å². The smallest absolute Gasteiger partial charge is 0.185 e. The molecule has 0 radical (unpaired) electrons. The normalized spacial score (nSPS) is 17.4. The maximum atomic E-state index is 11.2. The van der Waals surface area contributed by atoms with Crippen LogP contribution in [0.15, 0.2) is 5.38 Å². The number of carbonyl (C=O) groups excluding carboxylic acids is 1. The number of anilines is 1. The van der Waals surface area contributed by atoms with E-state index in [2.05, 4.69) is 9.88 Å². The molecule has 4 nitrogen and oxygen atoms in total. The molecule has 1 aliphatic rings. The highest BCUT2D eigenvalue weighted by atomic mass is 32.1. The summed E-state index contributed by atoms with van der Waals surface area (Å²) < 4.78 is 5.61. The zero-order valence-electron chi connectivity index (χ0n) is 10.3. The van der Waals surface area contributed by atoms with Crippen LogP contribution in [-0.4, -0.2) is 36.6 Å². The van der Waals surface area contributed by atoms with Gasteiger partial charge in [-0.3, -0.25) is 4.79 Å². The Morgan fingerprint density at radius 3 is 2.82 bits per heavy atom. The van der Waals surface area contributed by atoms with Crippen LogP contribution in [0.25, 0.3) is 0 Å². The number of rotatable bonds is 4. The van der Waals surface area contributed by atoms with Crippen molar-refractivity contribution in [3.05, 3.63) is 11.1 Å². The fourth-order valence-electron chi connectivity index (χ4n) is 2.02. The Balaban J connectivity index is 1.93. The molecule has 0 saturated carbocycles. The van der Waals surface area contributed by atoms with Gasteiger partial charge in [-0.25, -0.2) is 4.98 Å². The molecule has 1 aliphatic heterocycles. The molecule has 17 heavy (non-hydrogen) atoms. The van der Waals surface area contributed by atoms with Gasteiger partial charge in [0, 0.05) is 32.0 Å². The molecule has 0 atom stereocenters. The van der Waals surface area contributed by atoms with E-state index in [0.29, 0.717) is 11.8 Å². The molecule has 0 N–H and O–H groups in total. The largest absolute Gasteiger partial charge is 0.378 e. The van der Waals surface area contributed by atoms with Crippen LogP contribution in [0.3, 0.4) is 0 Å². The van der Waals surface area contributed by atoms with Gasteiger partial charge in [-0.05, 0) is 19.8 Å². The molecule has 5 heteroatoms. The number of hydrogen-bond donors (Lipinski definition) is 0. The first-order chi connectivity index (χ1) is 8.20. The van der Waals surface area contributed by atoms with Gasteiger partial charge < -0.3 is 9.64 Å². The molecular formula is C12H18N2O2S. The van der Waals surface area contributed by atoms with E-state index in [4.69, 9.17) is 4.74 Å². The highest BCUT2D eigenvalue weighted by Gasteiger charge is 2.21. The number of carbonyl (C=O) groups is 1. The quantitative estimate of drug-likeness (QED) is 0.774. The first-order valence-electron chi connectivity index (χ1n) is 6.03. The first kappa shape index (κ1) is 12.5. The van der Waals surface area contributed by atoms with Gasteiger partial charge in [-0.1, -0.05) is 0 Å². The summed E-state index contributed by atoms with van der Waals surface area (Å²) in [6.07, 6.45) is 2.48. The van der Waals surface area contributed by atoms with Crippen LogP contribution in [0.2, 0.25) is 0 Å². The van der Waals surface area contributed by atoms with Crippen molar-refractivity contribution >= 4 is 22.3 Å². The fourth-order valence-corrected chi connectivity index (χ4v) is 2.94. The number of thiazole rings is 1. The second kappa shape index (κ2) is 5.60. The number of ether oxygens (including phenoxy) is 1. The lowest BCUT2D eigenvalue weighted by molar-refractivity contribution is 0.0459. The minimum atomic E-state index is 0.0386. The molecule has 0 amide bonds. The summed E-state index contributed by atoms with van der Waals surface area (Å²) in [4.78, 5) is 17.8. The first-order valence-corrected chi connectivity index (χ1v) is 6.91. The van der Waals surface area contributed by atoms with E-state index in [1.165, 1.54) is 0 Å². The Hall–Kier alpha value is -0.940. The van der Waals surface area contributed by atoms with Crippen LogP contribution in [-0.2, 0) is 4.74 Å². The number of Topliss-reactive ketones (excluding diaryl/α,β-unsaturated/α-hetero) is 1. The van der Waals surface area contributed by atoms with Crippen LogP contribution in [0.1, 0.15) is 37.2 Å². The average Bonchev–Trinajstić information content (AvgIpc) is 2.80. The number of nitrogens with zero attached hydrogens (tertiary/aromatic N) is 2. The number of aromatic nitrogens is 1. The molecule has 0 aromatic carbocycles. The molecule has 1 saturated heterocycles. The van der Waals surface area contributed by atoms with Crippen molar-refractivity contribution in [2.45, 2.75) is 32.8 Å². The SMILES string of the molecule is CCOC1CCN(c2nc(C(C)=O)cs2)CC1. The Bertz CT molecular complexity index is 384. The molecule has 0 unspecified atom stereocenters. The van der Waals surface area contributed by atoms with E-state index in [9.17, 15) is 4.79 Å². The number of hydrogen-bond acceptors (Lipinski definition) is 5. The Morgan fingerprint density at radius 1 is 1.59 bits per heavy atom. The Labute approximate surface area is 106 Å². The summed E-state index contributed by atoms with van der Waals surface area (Å²) in [6.45, 7) is 6.31. The van der Waals surface area contributed by atoms with E-state index in [1.54, 1.807) is 18.3 Å². The molecule has 2 heterocycles. The highest BCUT2D eigenvalue weighted by Crippen LogP contribution is 2.25. The molecule has 0 aliphatic carbocycles. The van der Waals surface area contributed by atoms with Crippen molar-refractivity contribution in [2.24, 2.45) is 0 Å². The van der Waals surface area contributed by atoms with Crippen LogP contribution in [0.4, 0.5) is 5.13 Å². The number of ketones is 1. The second-order valence-corrected chi connectivity index (χ2v) is 5.05. The van der Waals surface area contributed by atoms with Crippen LogP contribution < -0.4 is 4.90 Å². The summed E-state index contributed by atoms with van der Waals surface area (Å²) >= 11 is 1.55. The molecule has 2 rings (SSSR count). The zero-order valence-corrected chi connectivity index (χ0v) is 11.1. The molecule has 0 spiro atoms. The molecule has 1 aromatic rings. The summed E-state index contributed by atoms with van der Waals surface area (Å²) in [5.41, 5.74) is 0.580. The van der Waals surface area contributed by atoms with E-state index in [1.807, 2.05) is 12.3 Å². The van der Waals surface area contributed by atoms with Crippen molar-refractivity contribution in [2.75, 3.05) is 24.6 Å². The lowest BCUT2D eigenvalue weighted by atomic mass is 10.1.